The van der Waals surface area contributed by atoms with Gasteiger partial charge < -0.3 is 9.84 Å². The second-order valence-electron chi connectivity index (χ2n) is 6.95. The Bertz CT molecular complexity index is 919. The zero-order chi connectivity index (χ0) is 21.5. The van der Waals surface area contributed by atoms with Gasteiger partial charge in [0.15, 0.2) is 0 Å². The van der Waals surface area contributed by atoms with Crippen molar-refractivity contribution in [2.24, 2.45) is 0 Å². The Morgan fingerprint density at radius 1 is 0.967 bits per heavy atom. The minimum Gasteiger partial charge on any atom is -0.494 e. The summed E-state index contributed by atoms with van der Waals surface area (Å²) in [5, 5.41) is 9.25. The number of nitrogens with zero attached hydrogens (tertiary/aromatic N) is 1. The Morgan fingerprint density at radius 2 is 1.67 bits per heavy atom. The summed E-state index contributed by atoms with van der Waals surface area (Å²) in [5.74, 6) is 0.371. The topological polar surface area (TPSA) is 66.8 Å². The second-order valence-corrected chi connectivity index (χ2v) is 8.05. The van der Waals surface area contributed by atoms with Crippen molar-refractivity contribution in [1.29, 1.82) is 0 Å². The summed E-state index contributed by atoms with van der Waals surface area (Å²) < 4.78 is 5.48. The minimum atomic E-state index is -0.344. The fraction of sp³-hybridized carbons (Fsp3) is 0.333. The number of carbonyl (C=O) groups is 2. The van der Waals surface area contributed by atoms with Crippen molar-refractivity contribution < 1.29 is 19.4 Å². The first-order valence-electron chi connectivity index (χ1n) is 10.3. The first kappa shape index (κ1) is 22.1. The summed E-state index contributed by atoms with van der Waals surface area (Å²) in [6.45, 7) is 4.54. The number of unbranched alkanes of at least 4 members (excludes halogenated alkanes) is 1. The maximum Gasteiger partial charge on any atom is 0.272 e. The SMILES string of the molecule is CCCCc1ccc(N2C(=O)C(SCCO)=C(c3ccc(OCC)cc3)C2=O)cc1. The van der Waals surface area contributed by atoms with Gasteiger partial charge in [-0.15, -0.1) is 11.8 Å². The zero-order valence-corrected chi connectivity index (χ0v) is 18.2. The van der Waals surface area contributed by atoms with Crippen LogP contribution in [0.4, 0.5) is 5.69 Å². The van der Waals surface area contributed by atoms with Crippen LogP contribution in [0.5, 0.6) is 5.75 Å². The normalized spacial score (nSPS) is 14.0. The van der Waals surface area contributed by atoms with E-state index in [4.69, 9.17) is 4.74 Å². The molecule has 1 heterocycles. The summed E-state index contributed by atoms with van der Waals surface area (Å²) in [5.41, 5.74) is 2.79. The number of aryl methyl sites for hydroxylation is 1. The second kappa shape index (κ2) is 10.5. The molecule has 2 amide bonds. The van der Waals surface area contributed by atoms with Gasteiger partial charge in [-0.3, -0.25) is 9.59 Å². The van der Waals surface area contributed by atoms with E-state index in [-0.39, 0.29) is 18.4 Å². The number of benzene rings is 2. The Kier molecular flexibility index (Phi) is 7.71. The first-order chi connectivity index (χ1) is 14.6. The Balaban J connectivity index is 1.92. The number of carbonyl (C=O) groups excluding carboxylic acids is 2. The van der Waals surface area contributed by atoms with Crippen LogP contribution in [0.25, 0.3) is 5.57 Å². The van der Waals surface area contributed by atoms with Gasteiger partial charge >= 0.3 is 0 Å². The van der Waals surface area contributed by atoms with Gasteiger partial charge in [0.25, 0.3) is 11.8 Å². The highest BCUT2D eigenvalue weighted by atomic mass is 32.2. The molecule has 0 aliphatic carbocycles. The number of rotatable bonds is 10. The van der Waals surface area contributed by atoms with E-state index in [0.29, 0.717) is 39.8 Å². The standard InChI is InChI=1S/C24H27NO4S/c1-3-5-6-17-7-11-19(12-8-17)25-23(27)21(22(24(25)28)30-16-15-26)18-9-13-20(14-10-18)29-4-2/h7-14,26H,3-6,15-16H2,1-2H3. The summed E-state index contributed by atoms with van der Waals surface area (Å²) in [6, 6.07) is 14.8. The molecule has 5 nitrogen and oxygen atoms in total. The number of hydrogen-bond acceptors (Lipinski definition) is 5. The van der Waals surface area contributed by atoms with Crippen LogP contribution < -0.4 is 9.64 Å². The van der Waals surface area contributed by atoms with Gasteiger partial charge in [-0.25, -0.2) is 4.90 Å². The smallest absolute Gasteiger partial charge is 0.272 e. The lowest BCUT2D eigenvalue weighted by Crippen LogP contribution is -2.31. The summed E-state index contributed by atoms with van der Waals surface area (Å²) in [6.07, 6.45) is 3.20. The van der Waals surface area contributed by atoms with Gasteiger partial charge in [0.2, 0.25) is 0 Å². The Morgan fingerprint density at radius 3 is 2.27 bits per heavy atom. The number of ether oxygens (including phenoxy) is 1. The highest BCUT2D eigenvalue weighted by Crippen LogP contribution is 2.38. The van der Waals surface area contributed by atoms with E-state index in [1.165, 1.54) is 22.2 Å². The van der Waals surface area contributed by atoms with Crippen LogP contribution in [0.2, 0.25) is 0 Å². The van der Waals surface area contributed by atoms with Gasteiger partial charge in [0, 0.05) is 5.75 Å². The van der Waals surface area contributed by atoms with Gasteiger partial charge in [0.1, 0.15) is 5.75 Å². The van der Waals surface area contributed by atoms with Crippen LogP contribution in [-0.4, -0.2) is 35.9 Å². The Hall–Kier alpha value is -2.57. The summed E-state index contributed by atoms with van der Waals surface area (Å²) in [4.78, 5) is 28.1. The molecule has 0 atom stereocenters. The first-order valence-corrected chi connectivity index (χ1v) is 11.3. The molecule has 0 saturated carbocycles. The lowest BCUT2D eigenvalue weighted by molar-refractivity contribution is -0.119. The van der Waals surface area contributed by atoms with Crippen molar-refractivity contribution in [3.63, 3.8) is 0 Å². The Labute approximate surface area is 181 Å². The lowest BCUT2D eigenvalue weighted by atomic mass is 10.1. The molecule has 0 bridgehead atoms. The van der Waals surface area contributed by atoms with Crippen molar-refractivity contribution in [3.05, 3.63) is 64.6 Å². The van der Waals surface area contributed by atoms with Crippen LogP contribution >= 0.6 is 11.8 Å². The third-order valence-electron chi connectivity index (χ3n) is 4.85. The number of anilines is 1. The molecule has 0 unspecified atom stereocenters. The van der Waals surface area contributed by atoms with Crippen molar-refractivity contribution >= 4 is 34.8 Å². The van der Waals surface area contributed by atoms with Crippen molar-refractivity contribution in [2.75, 3.05) is 23.9 Å². The third-order valence-corrected chi connectivity index (χ3v) is 5.90. The molecule has 158 valence electrons. The van der Waals surface area contributed by atoms with E-state index in [1.807, 2.05) is 31.2 Å². The molecule has 1 aliphatic rings. The fourth-order valence-electron chi connectivity index (χ4n) is 3.36. The monoisotopic (exact) mass is 425 g/mol. The van der Waals surface area contributed by atoms with E-state index < -0.39 is 0 Å². The average molecular weight is 426 g/mol. The van der Waals surface area contributed by atoms with E-state index in [1.54, 1.807) is 24.3 Å². The van der Waals surface area contributed by atoms with Crippen molar-refractivity contribution in [2.45, 2.75) is 33.1 Å². The molecule has 2 aromatic rings. The highest BCUT2D eigenvalue weighted by Gasteiger charge is 2.40. The maximum atomic E-state index is 13.3. The molecule has 0 fully saturated rings. The molecule has 6 heteroatoms. The maximum absolute atomic E-state index is 13.3. The van der Waals surface area contributed by atoms with Gasteiger partial charge in [-0.1, -0.05) is 37.6 Å². The van der Waals surface area contributed by atoms with Crippen LogP contribution in [-0.2, 0) is 16.0 Å². The van der Waals surface area contributed by atoms with Crippen LogP contribution in [0.3, 0.4) is 0 Å². The quantitative estimate of drug-likeness (QED) is 0.570. The predicted molar refractivity (Wildman–Crippen MR) is 122 cm³/mol. The number of hydrogen-bond donors (Lipinski definition) is 1. The lowest BCUT2D eigenvalue weighted by Gasteiger charge is -2.16. The molecule has 1 aliphatic heterocycles. The number of aliphatic hydroxyl groups excluding tert-OH is 1. The zero-order valence-electron chi connectivity index (χ0n) is 17.4. The molecule has 30 heavy (non-hydrogen) atoms. The molecule has 0 radical (unpaired) electrons. The van der Waals surface area contributed by atoms with E-state index in [2.05, 4.69) is 6.92 Å². The fourth-order valence-corrected chi connectivity index (χ4v) is 4.22. The van der Waals surface area contributed by atoms with Crippen LogP contribution in [0, 0.1) is 0 Å². The molecular weight excluding hydrogens is 398 g/mol. The van der Waals surface area contributed by atoms with E-state index in [9.17, 15) is 14.7 Å². The summed E-state index contributed by atoms with van der Waals surface area (Å²) in [7, 11) is 0. The molecule has 1 N–H and O–H groups in total. The average Bonchev–Trinajstić information content (AvgIpc) is 3.01. The molecule has 0 saturated heterocycles. The number of aliphatic hydroxyl groups is 1. The van der Waals surface area contributed by atoms with Gasteiger partial charge in [0.05, 0.1) is 29.4 Å². The number of thioether (sulfide) groups is 1. The highest BCUT2D eigenvalue weighted by molar-refractivity contribution is 8.04. The van der Waals surface area contributed by atoms with Crippen LogP contribution in [0.15, 0.2) is 53.4 Å². The molecule has 0 aromatic heterocycles. The molecule has 2 aromatic carbocycles. The number of amides is 2. The third kappa shape index (κ3) is 4.77. The van der Waals surface area contributed by atoms with Gasteiger partial charge in [-0.2, -0.15) is 0 Å². The van der Waals surface area contributed by atoms with Crippen molar-refractivity contribution in [3.8, 4) is 5.75 Å². The predicted octanol–water partition coefficient (Wildman–Crippen LogP) is 4.44. The molecule has 3 rings (SSSR count). The molecule has 0 spiro atoms. The minimum absolute atomic E-state index is 0.0711. The van der Waals surface area contributed by atoms with E-state index >= 15 is 0 Å². The number of imide groups is 1. The molecular formula is C24H27NO4S. The van der Waals surface area contributed by atoms with E-state index in [0.717, 1.165) is 19.3 Å². The van der Waals surface area contributed by atoms with Crippen LogP contribution in [0.1, 0.15) is 37.8 Å². The van der Waals surface area contributed by atoms with Gasteiger partial charge in [-0.05, 0) is 55.2 Å². The van der Waals surface area contributed by atoms with Crippen molar-refractivity contribution in [1.82, 2.24) is 0 Å². The summed E-state index contributed by atoms with van der Waals surface area (Å²) >= 11 is 1.21. The largest absolute Gasteiger partial charge is 0.494 e.